The molecule has 0 aliphatic carbocycles. The zero-order valence-electron chi connectivity index (χ0n) is 14.4. The molecule has 10 heteroatoms. The van der Waals surface area contributed by atoms with Crippen LogP contribution in [0.3, 0.4) is 0 Å². The number of ether oxygens (including phenoxy) is 1. The van der Waals surface area contributed by atoms with E-state index in [1.165, 1.54) is 17.1 Å². The number of aryl methyl sites for hydroxylation is 1. The Balaban J connectivity index is 2.03. The van der Waals surface area contributed by atoms with Crippen LogP contribution in [0.1, 0.15) is 36.8 Å². The quantitative estimate of drug-likeness (QED) is 0.891. The minimum atomic E-state index is -4.68. The van der Waals surface area contributed by atoms with Gasteiger partial charge in [0.1, 0.15) is 5.82 Å². The smallest absolute Gasteiger partial charge is 0.307 e. The highest BCUT2D eigenvalue weighted by Crippen LogP contribution is 2.21. The highest BCUT2D eigenvalue weighted by molar-refractivity contribution is 6.03. The second-order valence-electron chi connectivity index (χ2n) is 6.49. The van der Waals surface area contributed by atoms with Crippen LogP contribution in [0.25, 0.3) is 0 Å². The van der Waals surface area contributed by atoms with Crippen molar-refractivity contribution in [2.24, 2.45) is 0 Å². The molecule has 0 unspecified atom stereocenters. The van der Waals surface area contributed by atoms with Gasteiger partial charge in [0.15, 0.2) is 0 Å². The van der Waals surface area contributed by atoms with E-state index in [-0.39, 0.29) is 17.6 Å². The summed E-state index contributed by atoms with van der Waals surface area (Å²) in [6.45, 7) is 6.97. The molecule has 0 bridgehead atoms. The van der Waals surface area contributed by atoms with Crippen molar-refractivity contribution >= 4 is 11.7 Å². The number of amides is 1. The van der Waals surface area contributed by atoms with Gasteiger partial charge in [-0.3, -0.25) is 14.2 Å². The van der Waals surface area contributed by atoms with Gasteiger partial charge in [0.05, 0.1) is 36.1 Å². The van der Waals surface area contributed by atoms with Crippen LogP contribution in [0.15, 0.2) is 18.5 Å². The number of hydrogen-bond donors (Lipinski definition) is 1. The summed E-state index contributed by atoms with van der Waals surface area (Å²) < 4.78 is 42.4. The number of carbonyl (C=O) groups excluding carboxylic acids is 1. The molecule has 2 aromatic heterocycles. The minimum Gasteiger partial charge on any atom is -0.307 e. The summed E-state index contributed by atoms with van der Waals surface area (Å²) in [7, 11) is 0. The van der Waals surface area contributed by atoms with Gasteiger partial charge in [-0.1, -0.05) is 0 Å². The molecule has 0 atom stereocenters. The maximum Gasteiger partial charge on any atom is 0.522 e. The van der Waals surface area contributed by atoms with E-state index in [9.17, 15) is 18.0 Å². The Morgan fingerprint density at radius 3 is 2.60 bits per heavy atom. The topological polar surface area (TPSA) is 74.0 Å². The number of hydrogen-bond acceptors (Lipinski definition) is 4. The zero-order chi connectivity index (χ0) is 18.8. The second kappa shape index (κ2) is 6.87. The lowest BCUT2D eigenvalue weighted by atomic mass is 10.1. The predicted molar refractivity (Wildman–Crippen MR) is 84.1 cm³/mol. The van der Waals surface area contributed by atoms with Gasteiger partial charge in [-0.25, -0.2) is 4.68 Å². The van der Waals surface area contributed by atoms with Crippen molar-refractivity contribution in [2.75, 3.05) is 11.9 Å². The van der Waals surface area contributed by atoms with Crippen LogP contribution < -0.4 is 5.32 Å². The van der Waals surface area contributed by atoms with E-state index >= 15 is 0 Å². The Labute approximate surface area is 142 Å². The van der Waals surface area contributed by atoms with E-state index in [1.807, 2.05) is 27.7 Å². The van der Waals surface area contributed by atoms with Crippen molar-refractivity contribution in [1.82, 2.24) is 19.6 Å². The third-order valence-electron chi connectivity index (χ3n) is 3.19. The molecule has 2 aromatic rings. The first kappa shape index (κ1) is 19.0. The van der Waals surface area contributed by atoms with Gasteiger partial charge in [-0.2, -0.15) is 10.2 Å². The van der Waals surface area contributed by atoms with Crippen LogP contribution >= 0.6 is 0 Å². The van der Waals surface area contributed by atoms with Gasteiger partial charge in [-0.05, 0) is 27.7 Å². The number of nitrogens with one attached hydrogen (secondary N) is 1. The Morgan fingerprint density at radius 1 is 1.32 bits per heavy atom. The lowest BCUT2D eigenvalue weighted by Crippen LogP contribution is -2.26. The molecule has 0 saturated heterocycles. The van der Waals surface area contributed by atoms with Crippen molar-refractivity contribution in [1.29, 1.82) is 0 Å². The van der Waals surface area contributed by atoms with Crippen molar-refractivity contribution in [3.8, 4) is 0 Å². The van der Waals surface area contributed by atoms with E-state index in [4.69, 9.17) is 0 Å². The minimum absolute atomic E-state index is 0.119. The zero-order valence-corrected chi connectivity index (χ0v) is 14.4. The third kappa shape index (κ3) is 5.31. The number of anilines is 1. The Kier molecular flexibility index (Phi) is 5.21. The van der Waals surface area contributed by atoms with Gasteiger partial charge in [0.2, 0.25) is 0 Å². The number of aromatic nitrogens is 4. The van der Waals surface area contributed by atoms with Crippen LogP contribution in [0, 0.1) is 6.92 Å². The molecule has 0 fully saturated rings. The van der Waals surface area contributed by atoms with Gasteiger partial charge in [0.25, 0.3) is 5.91 Å². The average Bonchev–Trinajstić information content (AvgIpc) is 3.03. The maximum atomic E-state index is 12.3. The molecule has 7 nitrogen and oxygen atoms in total. The lowest BCUT2D eigenvalue weighted by Gasteiger charge is -2.22. The van der Waals surface area contributed by atoms with Crippen LogP contribution in [0.4, 0.5) is 19.0 Å². The fourth-order valence-electron chi connectivity index (χ4n) is 2.15. The SMILES string of the molecule is Cc1cc(NC(=O)c2cnn(CCOC(F)(F)F)c2)n(C(C)(C)C)n1. The number of halogens is 3. The first-order valence-electron chi connectivity index (χ1n) is 7.57. The molecule has 0 spiro atoms. The number of rotatable bonds is 5. The van der Waals surface area contributed by atoms with Crippen molar-refractivity contribution in [2.45, 2.75) is 46.1 Å². The van der Waals surface area contributed by atoms with Gasteiger partial charge in [-0.15, -0.1) is 13.2 Å². The summed E-state index contributed by atoms with van der Waals surface area (Å²) in [5.41, 5.74) is 0.659. The van der Waals surface area contributed by atoms with E-state index in [0.29, 0.717) is 5.82 Å². The van der Waals surface area contributed by atoms with E-state index < -0.39 is 18.9 Å². The molecule has 0 saturated carbocycles. The standard InChI is InChI=1S/C15H20F3N5O2/c1-10-7-12(23(21-10)14(2,3)4)20-13(24)11-8-19-22(9-11)5-6-25-15(16,17)18/h7-9H,5-6H2,1-4H3,(H,20,24). The highest BCUT2D eigenvalue weighted by Gasteiger charge is 2.28. The molecular weight excluding hydrogens is 339 g/mol. The predicted octanol–water partition coefficient (Wildman–Crippen LogP) is 2.93. The molecule has 0 aromatic carbocycles. The summed E-state index contributed by atoms with van der Waals surface area (Å²) in [4.78, 5) is 12.3. The van der Waals surface area contributed by atoms with Gasteiger partial charge >= 0.3 is 6.36 Å². The molecule has 2 heterocycles. The molecule has 0 aliphatic rings. The molecule has 1 N–H and O–H groups in total. The molecule has 0 radical (unpaired) electrons. The third-order valence-corrected chi connectivity index (χ3v) is 3.19. The molecule has 25 heavy (non-hydrogen) atoms. The first-order chi connectivity index (χ1) is 11.5. The normalized spacial score (nSPS) is 12.4. The number of alkyl halides is 3. The summed E-state index contributed by atoms with van der Waals surface area (Å²) >= 11 is 0. The van der Waals surface area contributed by atoms with Crippen LogP contribution in [0.5, 0.6) is 0 Å². The van der Waals surface area contributed by atoms with Gasteiger partial charge < -0.3 is 5.32 Å². The molecular formula is C15H20F3N5O2. The average molecular weight is 359 g/mol. The van der Waals surface area contributed by atoms with Crippen LogP contribution in [-0.2, 0) is 16.8 Å². The van der Waals surface area contributed by atoms with Crippen LogP contribution in [-0.4, -0.2) is 38.4 Å². The number of carbonyl (C=O) groups is 1. The maximum absolute atomic E-state index is 12.3. The van der Waals surface area contributed by atoms with E-state index in [0.717, 1.165) is 5.69 Å². The van der Waals surface area contributed by atoms with Crippen molar-refractivity contribution < 1.29 is 22.7 Å². The summed E-state index contributed by atoms with van der Waals surface area (Å²) in [5, 5.41) is 11.0. The Morgan fingerprint density at radius 2 is 2.00 bits per heavy atom. The molecule has 138 valence electrons. The molecule has 1 amide bonds. The molecule has 0 aliphatic heterocycles. The largest absolute Gasteiger partial charge is 0.522 e. The molecule has 2 rings (SSSR count). The second-order valence-corrected chi connectivity index (χ2v) is 6.49. The summed E-state index contributed by atoms with van der Waals surface area (Å²) in [5.74, 6) is 0.108. The fourth-order valence-corrected chi connectivity index (χ4v) is 2.15. The van der Waals surface area contributed by atoms with Gasteiger partial charge in [0, 0.05) is 12.3 Å². The fraction of sp³-hybridized carbons (Fsp3) is 0.533. The lowest BCUT2D eigenvalue weighted by molar-refractivity contribution is -0.325. The van der Waals surface area contributed by atoms with E-state index in [2.05, 4.69) is 20.3 Å². The monoisotopic (exact) mass is 359 g/mol. The van der Waals surface area contributed by atoms with Crippen molar-refractivity contribution in [3.05, 3.63) is 29.7 Å². The first-order valence-corrected chi connectivity index (χ1v) is 7.57. The highest BCUT2D eigenvalue weighted by atomic mass is 19.4. The Hall–Kier alpha value is -2.36. The van der Waals surface area contributed by atoms with E-state index in [1.54, 1.807) is 10.7 Å². The van der Waals surface area contributed by atoms with Crippen molar-refractivity contribution in [3.63, 3.8) is 0 Å². The number of nitrogens with zero attached hydrogens (tertiary/aromatic N) is 4. The summed E-state index contributed by atoms with van der Waals surface area (Å²) in [6, 6.07) is 1.74. The Bertz CT molecular complexity index is 743. The van der Waals surface area contributed by atoms with Crippen LogP contribution in [0.2, 0.25) is 0 Å². The summed E-state index contributed by atoms with van der Waals surface area (Å²) in [6.07, 6.45) is -2.04.